The molecular weight excluding hydrogens is 420 g/mol. The zero-order valence-electron chi connectivity index (χ0n) is 21.5. The highest BCUT2D eigenvalue weighted by Crippen LogP contribution is 2.78. The summed E-state index contributed by atoms with van der Waals surface area (Å²) in [6.45, 7) is 2.79. The Morgan fingerprint density at radius 3 is 2.18 bits per heavy atom. The standard InChI is InChI=1S/C31H48O3/c1-29-15-14-27-26-13-12-25(33)22-24(26)21-23(11-9-7-5-3-2-4-6-8-10-20-32)28(27)30(29)16-18-31(29,34)19-17-30/h12-13,22-23,27-28,32-34H,2-11,14-21H2,1H3/t23-,27-,28-,29+,30-,31+/m1/s1. The zero-order chi connectivity index (χ0) is 23.8. The number of phenols is 1. The van der Waals surface area contributed by atoms with Gasteiger partial charge in [0.05, 0.1) is 5.60 Å². The first kappa shape index (κ1) is 24.6. The molecule has 4 aliphatic carbocycles. The van der Waals surface area contributed by atoms with Crippen LogP contribution in [0.3, 0.4) is 0 Å². The molecular formula is C31H48O3. The van der Waals surface area contributed by atoms with Gasteiger partial charge in [-0.15, -0.1) is 0 Å². The number of aliphatic hydroxyl groups excluding tert-OH is 1. The first-order valence-corrected chi connectivity index (χ1v) is 14.6. The molecule has 3 N–H and O–H groups in total. The van der Waals surface area contributed by atoms with Crippen LogP contribution < -0.4 is 0 Å². The Hall–Kier alpha value is -1.06. The van der Waals surface area contributed by atoms with Crippen molar-refractivity contribution in [3.8, 4) is 5.75 Å². The van der Waals surface area contributed by atoms with Crippen LogP contribution >= 0.6 is 0 Å². The van der Waals surface area contributed by atoms with Crippen LogP contribution in [0.5, 0.6) is 5.75 Å². The average Bonchev–Trinajstić information content (AvgIpc) is 3.20. The SMILES string of the molecule is C[C@]12CC[C@@H]3c4ccc(O)cc4C[C@@H](CCCCCCCCCCCO)[C@H]3[C@]13CC[C@]2(O)CC3. The van der Waals surface area contributed by atoms with Crippen molar-refractivity contribution in [2.24, 2.45) is 22.7 Å². The number of rotatable bonds is 11. The maximum absolute atomic E-state index is 11.6. The van der Waals surface area contributed by atoms with E-state index in [1.54, 1.807) is 0 Å². The lowest BCUT2D eigenvalue weighted by atomic mass is 9.45. The van der Waals surface area contributed by atoms with Gasteiger partial charge in [-0.25, -0.2) is 0 Å². The van der Waals surface area contributed by atoms with Gasteiger partial charge in [0.25, 0.3) is 0 Å². The lowest BCUT2D eigenvalue weighted by Gasteiger charge is -2.59. The molecule has 2 bridgehead atoms. The Labute approximate surface area is 207 Å². The van der Waals surface area contributed by atoms with Gasteiger partial charge in [0.2, 0.25) is 0 Å². The molecule has 0 saturated heterocycles. The Morgan fingerprint density at radius 1 is 0.853 bits per heavy atom. The van der Waals surface area contributed by atoms with Crippen molar-refractivity contribution in [1.29, 1.82) is 0 Å². The Balaban J connectivity index is 1.25. The molecule has 3 nitrogen and oxygen atoms in total. The molecule has 0 radical (unpaired) electrons. The van der Waals surface area contributed by atoms with Gasteiger partial charge < -0.3 is 15.3 Å². The van der Waals surface area contributed by atoms with Crippen LogP contribution in [0.4, 0.5) is 0 Å². The first-order chi connectivity index (χ1) is 16.4. The summed E-state index contributed by atoms with van der Waals surface area (Å²) in [5.41, 5.74) is 2.91. The van der Waals surface area contributed by atoms with Crippen molar-refractivity contribution in [2.75, 3.05) is 6.61 Å². The monoisotopic (exact) mass is 468 g/mol. The number of hydrogen-bond donors (Lipinski definition) is 3. The molecule has 0 unspecified atom stereocenters. The number of hydrogen-bond acceptors (Lipinski definition) is 3. The van der Waals surface area contributed by atoms with Gasteiger partial charge in [0, 0.05) is 12.0 Å². The van der Waals surface area contributed by atoms with Gasteiger partial charge in [0.1, 0.15) is 5.75 Å². The molecule has 3 saturated carbocycles. The normalized spacial score (nSPS) is 37.9. The van der Waals surface area contributed by atoms with Gasteiger partial charge in [-0.1, -0.05) is 64.4 Å². The molecule has 3 fully saturated rings. The van der Waals surface area contributed by atoms with Gasteiger partial charge in [-0.2, -0.15) is 0 Å². The fraction of sp³-hybridized carbons (Fsp3) is 0.806. The molecule has 190 valence electrons. The van der Waals surface area contributed by atoms with Crippen molar-refractivity contribution in [3.05, 3.63) is 29.3 Å². The first-order valence-electron chi connectivity index (χ1n) is 14.6. The highest BCUT2D eigenvalue weighted by Gasteiger charge is 2.74. The molecule has 0 aliphatic heterocycles. The molecule has 4 aliphatic rings. The molecule has 1 aromatic carbocycles. The van der Waals surface area contributed by atoms with Crippen LogP contribution in [0.2, 0.25) is 0 Å². The second-order valence-corrected chi connectivity index (χ2v) is 12.7. The van der Waals surface area contributed by atoms with Crippen molar-refractivity contribution in [1.82, 2.24) is 0 Å². The van der Waals surface area contributed by atoms with Crippen molar-refractivity contribution >= 4 is 0 Å². The molecule has 1 aromatic rings. The van der Waals surface area contributed by atoms with E-state index < -0.39 is 5.60 Å². The highest BCUT2D eigenvalue weighted by molar-refractivity contribution is 5.42. The summed E-state index contributed by atoms with van der Waals surface area (Å²) in [4.78, 5) is 0. The van der Waals surface area contributed by atoms with E-state index in [1.165, 1.54) is 88.2 Å². The molecule has 5 rings (SSSR count). The van der Waals surface area contributed by atoms with E-state index in [9.17, 15) is 10.2 Å². The van der Waals surface area contributed by atoms with Crippen molar-refractivity contribution < 1.29 is 15.3 Å². The summed E-state index contributed by atoms with van der Waals surface area (Å²) in [5, 5.41) is 30.7. The van der Waals surface area contributed by atoms with E-state index in [4.69, 9.17) is 5.11 Å². The lowest BCUT2D eigenvalue weighted by Crippen LogP contribution is -2.54. The van der Waals surface area contributed by atoms with E-state index in [0.717, 1.165) is 32.1 Å². The minimum Gasteiger partial charge on any atom is -0.508 e. The van der Waals surface area contributed by atoms with Crippen LogP contribution in [0.25, 0.3) is 0 Å². The van der Waals surface area contributed by atoms with E-state index in [2.05, 4.69) is 19.1 Å². The quantitative estimate of drug-likeness (QED) is 0.299. The van der Waals surface area contributed by atoms with Crippen LogP contribution in [-0.4, -0.2) is 27.5 Å². The lowest BCUT2D eigenvalue weighted by molar-refractivity contribution is -0.113. The molecule has 0 amide bonds. The molecule has 0 spiro atoms. The maximum atomic E-state index is 11.6. The van der Waals surface area contributed by atoms with E-state index in [1.807, 2.05) is 6.07 Å². The molecule has 0 heterocycles. The average molecular weight is 469 g/mol. The smallest absolute Gasteiger partial charge is 0.115 e. The van der Waals surface area contributed by atoms with E-state index in [0.29, 0.717) is 35.5 Å². The Bertz CT molecular complexity index is 839. The van der Waals surface area contributed by atoms with Gasteiger partial charge in [-0.3, -0.25) is 0 Å². The number of aromatic hydroxyl groups is 1. The number of phenolic OH excluding ortho intramolecular Hbond substituents is 1. The summed E-state index contributed by atoms with van der Waals surface area (Å²) in [6, 6.07) is 6.19. The summed E-state index contributed by atoms with van der Waals surface area (Å²) < 4.78 is 0. The third-order valence-corrected chi connectivity index (χ3v) is 11.4. The topological polar surface area (TPSA) is 60.7 Å². The summed E-state index contributed by atoms with van der Waals surface area (Å²) in [6.07, 6.45) is 20.7. The number of benzene rings is 1. The predicted molar refractivity (Wildman–Crippen MR) is 138 cm³/mol. The fourth-order valence-electron chi connectivity index (χ4n) is 9.57. The third kappa shape index (κ3) is 3.94. The van der Waals surface area contributed by atoms with Crippen molar-refractivity contribution in [3.63, 3.8) is 0 Å². The van der Waals surface area contributed by atoms with Crippen molar-refractivity contribution in [2.45, 2.75) is 128 Å². The highest BCUT2D eigenvalue weighted by atomic mass is 16.3. The van der Waals surface area contributed by atoms with Gasteiger partial charge >= 0.3 is 0 Å². The van der Waals surface area contributed by atoms with Gasteiger partial charge in [0.15, 0.2) is 0 Å². The Morgan fingerprint density at radius 2 is 1.50 bits per heavy atom. The number of fused-ring (bicyclic) bond motifs is 3. The van der Waals surface area contributed by atoms with Crippen LogP contribution in [-0.2, 0) is 6.42 Å². The largest absolute Gasteiger partial charge is 0.508 e. The fourth-order valence-corrected chi connectivity index (χ4v) is 9.57. The van der Waals surface area contributed by atoms with E-state index in [-0.39, 0.29) is 5.41 Å². The predicted octanol–water partition coefficient (Wildman–Crippen LogP) is 7.26. The number of aliphatic hydroxyl groups is 2. The van der Waals surface area contributed by atoms with Crippen LogP contribution in [0.1, 0.15) is 127 Å². The molecule has 4 atom stereocenters. The summed E-state index contributed by atoms with van der Waals surface area (Å²) in [7, 11) is 0. The molecule has 0 aromatic heterocycles. The van der Waals surface area contributed by atoms with Crippen LogP contribution in [0.15, 0.2) is 18.2 Å². The van der Waals surface area contributed by atoms with Crippen LogP contribution in [0, 0.1) is 22.7 Å². The summed E-state index contributed by atoms with van der Waals surface area (Å²) >= 11 is 0. The minimum atomic E-state index is -0.422. The second-order valence-electron chi connectivity index (χ2n) is 12.7. The minimum absolute atomic E-state index is 0.101. The molecule has 3 heteroatoms. The zero-order valence-corrected chi connectivity index (χ0v) is 21.5. The summed E-state index contributed by atoms with van der Waals surface area (Å²) in [5.74, 6) is 2.43. The Kier molecular flexibility index (Phi) is 7.08. The second kappa shape index (κ2) is 9.77. The third-order valence-electron chi connectivity index (χ3n) is 11.4. The van der Waals surface area contributed by atoms with E-state index >= 15 is 0 Å². The number of unbranched alkanes of at least 4 members (excludes halogenated alkanes) is 8. The maximum Gasteiger partial charge on any atom is 0.115 e. The van der Waals surface area contributed by atoms with Gasteiger partial charge in [-0.05, 0) is 104 Å². The molecule has 34 heavy (non-hydrogen) atoms.